The van der Waals surface area contributed by atoms with E-state index < -0.39 is 0 Å². The Morgan fingerprint density at radius 2 is 0.818 bits per heavy atom. The Labute approximate surface area is 256 Å². The van der Waals surface area contributed by atoms with Gasteiger partial charge in [-0.15, -0.1) is 0 Å². The third-order valence-electron chi connectivity index (χ3n) is 8.39. The fourth-order valence-electron chi connectivity index (χ4n) is 6.08. The van der Waals surface area contributed by atoms with Crippen molar-refractivity contribution in [1.29, 1.82) is 5.41 Å². The molecule has 212 valence electrons. The fourth-order valence-corrected chi connectivity index (χ4v) is 6.08. The van der Waals surface area contributed by atoms with Gasteiger partial charge in [0.1, 0.15) is 0 Å². The molecule has 5 heteroatoms. The summed E-state index contributed by atoms with van der Waals surface area (Å²) in [6, 6.07) is 49.1. The molecule has 0 aromatic heterocycles. The Morgan fingerprint density at radius 3 is 1.20 bits per heavy atom. The van der Waals surface area contributed by atoms with Gasteiger partial charge in [0.25, 0.3) is 0 Å². The molecule has 1 unspecified atom stereocenters. The smallest absolute Gasteiger partial charge is 0.151 e. The normalized spacial score (nSPS) is 13.4. The monoisotopic (exact) mass is 571 g/mol. The molecule has 2 aliphatic heterocycles. The Bertz CT molecular complexity index is 1930. The molecular weight excluding hydrogens is 542 g/mol. The number of fused-ring (bicyclic) bond motifs is 4. The zero-order valence-corrected chi connectivity index (χ0v) is 24.1. The lowest BCUT2D eigenvalue weighted by Crippen LogP contribution is -2.16. The van der Waals surface area contributed by atoms with Gasteiger partial charge in [-0.1, -0.05) is 79.7 Å². The van der Waals surface area contributed by atoms with Gasteiger partial charge in [-0.2, -0.15) is 0 Å². The van der Waals surface area contributed by atoms with E-state index in [1.807, 2.05) is 84.9 Å². The molecule has 0 radical (unpaired) electrons. The van der Waals surface area contributed by atoms with Crippen LogP contribution in [-0.2, 0) is 0 Å². The molecular formula is C39H29N3O2. The summed E-state index contributed by atoms with van der Waals surface area (Å²) in [6.07, 6.45) is 0. The predicted octanol–water partition coefficient (Wildman–Crippen LogP) is 11.0. The first kappa shape index (κ1) is 25.9. The van der Waals surface area contributed by atoms with Gasteiger partial charge < -0.3 is 24.7 Å². The lowest BCUT2D eigenvalue weighted by atomic mass is 9.91. The van der Waals surface area contributed by atoms with E-state index in [1.165, 1.54) is 0 Å². The second kappa shape index (κ2) is 10.5. The number of nitrogens with zero attached hydrogens (tertiary/aromatic N) is 2. The Morgan fingerprint density at radius 1 is 0.477 bits per heavy atom. The molecule has 1 N–H and O–H groups in total. The Hall–Kier alpha value is -5.81. The Balaban J connectivity index is 1.06. The number of anilines is 6. The van der Waals surface area contributed by atoms with Gasteiger partial charge in [0.2, 0.25) is 0 Å². The first-order chi connectivity index (χ1) is 21.7. The van der Waals surface area contributed by atoms with Crippen molar-refractivity contribution in [2.24, 2.45) is 0 Å². The van der Waals surface area contributed by atoms with Crippen molar-refractivity contribution >= 4 is 39.8 Å². The molecule has 0 saturated carbocycles. The highest BCUT2D eigenvalue weighted by Gasteiger charge is 2.27. The molecule has 5 nitrogen and oxygen atoms in total. The minimum absolute atomic E-state index is 0.0796. The molecule has 0 amide bonds. The number of hydrogen-bond acceptors (Lipinski definition) is 5. The van der Waals surface area contributed by atoms with Crippen molar-refractivity contribution in [2.45, 2.75) is 12.8 Å². The van der Waals surface area contributed by atoms with E-state index in [4.69, 9.17) is 14.9 Å². The van der Waals surface area contributed by atoms with Crippen LogP contribution >= 0.6 is 0 Å². The highest BCUT2D eigenvalue weighted by molar-refractivity contribution is 6.03. The zero-order valence-electron chi connectivity index (χ0n) is 24.1. The van der Waals surface area contributed by atoms with Gasteiger partial charge in [-0.05, 0) is 83.9 Å². The number of benzene rings is 6. The van der Waals surface area contributed by atoms with Crippen LogP contribution in [-0.4, -0.2) is 5.71 Å². The van der Waals surface area contributed by atoms with Gasteiger partial charge in [-0.3, -0.25) is 0 Å². The summed E-state index contributed by atoms with van der Waals surface area (Å²) >= 11 is 0. The molecule has 0 aliphatic carbocycles. The summed E-state index contributed by atoms with van der Waals surface area (Å²) in [5.74, 6) is 3.23. The summed E-state index contributed by atoms with van der Waals surface area (Å²) in [5.41, 5.74) is 8.63. The number of ether oxygens (including phenoxy) is 2. The largest absolute Gasteiger partial charge is 0.453 e. The van der Waals surface area contributed by atoms with Crippen LogP contribution < -0.4 is 19.3 Å². The van der Waals surface area contributed by atoms with Crippen LogP contribution in [0.2, 0.25) is 0 Å². The van der Waals surface area contributed by atoms with Gasteiger partial charge in [-0.25, -0.2) is 0 Å². The lowest BCUT2D eigenvalue weighted by molar-refractivity contribution is 0.477. The van der Waals surface area contributed by atoms with E-state index in [0.717, 1.165) is 68.2 Å². The van der Waals surface area contributed by atoms with Crippen LogP contribution in [0.1, 0.15) is 24.0 Å². The number of hydrogen-bond donors (Lipinski definition) is 1. The predicted molar refractivity (Wildman–Crippen MR) is 178 cm³/mol. The van der Waals surface area contributed by atoms with Crippen molar-refractivity contribution in [3.05, 3.63) is 157 Å². The minimum atomic E-state index is -0.0796. The van der Waals surface area contributed by atoms with Gasteiger partial charge in [0.15, 0.2) is 23.0 Å². The van der Waals surface area contributed by atoms with Crippen LogP contribution in [0.15, 0.2) is 146 Å². The minimum Gasteiger partial charge on any atom is -0.453 e. The average molecular weight is 572 g/mol. The maximum atomic E-state index is 9.10. The van der Waals surface area contributed by atoms with Crippen molar-refractivity contribution in [3.8, 4) is 23.0 Å². The number of rotatable bonds is 5. The molecule has 1 atom stereocenters. The molecule has 0 bridgehead atoms. The first-order valence-corrected chi connectivity index (χ1v) is 14.8. The van der Waals surface area contributed by atoms with Crippen LogP contribution in [0.4, 0.5) is 34.1 Å². The molecule has 6 aromatic carbocycles. The van der Waals surface area contributed by atoms with E-state index >= 15 is 0 Å². The van der Waals surface area contributed by atoms with Gasteiger partial charge >= 0.3 is 0 Å². The fraction of sp³-hybridized carbons (Fsp3) is 0.0513. The molecule has 2 heterocycles. The highest BCUT2D eigenvalue weighted by atomic mass is 16.5. The summed E-state index contributed by atoms with van der Waals surface area (Å²) in [6.45, 7) is 2.10. The molecule has 0 saturated heterocycles. The van der Waals surface area contributed by atoms with E-state index in [0.29, 0.717) is 5.71 Å². The lowest BCUT2D eigenvalue weighted by Gasteiger charge is -2.33. The van der Waals surface area contributed by atoms with E-state index in [-0.39, 0.29) is 5.92 Å². The van der Waals surface area contributed by atoms with Crippen LogP contribution in [0, 0.1) is 5.41 Å². The van der Waals surface area contributed by atoms with Crippen molar-refractivity contribution < 1.29 is 9.47 Å². The molecule has 2 aliphatic rings. The van der Waals surface area contributed by atoms with Gasteiger partial charge in [0, 0.05) is 23.0 Å². The third-order valence-corrected chi connectivity index (χ3v) is 8.39. The maximum absolute atomic E-state index is 9.10. The van der Waals surface area contributed by atoms with E-state index in [2.05, 4.69) is 77.4 Å². The molecule has 0 fully saturated rings. The van der Waals surface area contributed by atoms with E-state index in [1.54, 1.807) is 0 Å². The first-order valence-electron chi connectivity index (χ1n) is 14.8. The van der Waals surface area contributed by atoms with Crippen molar-refractivity contribution in [3.63, 3.8) is 0 Å². The summed E-state index contributed by atoms with van der Waals surface area (Å²) in [4.78, 5) is 4.44. The standard InChI is InChI=1S/C39H29N3O2/c1-26(27-18-22-29(23-19-27)41-31-10-2-6-14-35(31)43-36-15-7-3-11-32(36)41)39(40)28-20-24-30(25-21-28)42-33-12-4-8-16-37(33)44-38-17-9-5-13-34(38)42/h2-26,40H,1H3. The third kappa shape index (κ3) is 4.29. The summed E-state index contributed by atoms with van der Waals surface area (Å²) in [5, 5.41) is 9.10. The number of nitrogens with one attached hydrogen (secondary N) is 1. The quantitative estimate of drug-likeness (QED) is 0.209. The second-order valence-corrected chi connectivity index (χ2v) is 11.0. The van der Waals surface area contributed by atoms with Crippen LogP contribution in [0.5, 0.6) is 23.0 Å². The number of para-hydroxylation sites is 8. The molecule has 0 spiro atoms. The van der Waals surface area contributed by atoms with Crippen molar-refractivity contribution in [1.82, 2.24) is 0 Å². The molecule has 44 heavy (non-hydrogen) atoms. The summed E-state index contributed by atoms with van der Waals surface area (Å²) in [7, 11) is 0. The zero-order chi connectivity index (χ0) is 29.6. The van der Waals surface area contributed by atoms with Crippen LogP contribution in [0.3, 0.4) is 0 Å². The maximum Gasteiger partial charge on any atom is 0.151 e. The highest BCUT2D eigenvalue weighted by Crippen LogP contribution is 2.51. The van der Waals surface area contributed by atoms with Gasteiger partial charge in [0.05, 0.1) is 22.7 Å². The Kier molecular flexibility index (Phi) is 6.16. The van der Waals surface area contributed by atoms with Crippen molar-refractivity contribution in [2.75, 3.05) is 9.80 Å². The van der Waals surface area contributed by atoms with Crippen LogP contribution in [0.25, 0.3) is 0 Å². The SMILES string of the molecule is CC(C(=N)c1ccc(N2c3ccccc3Oc3ccccc32)cc1)c1ccc(N2c3ccccc3Oc3ccccc32)cc1. The topological polar surface area (TPSA) is 48.8 Å². The molecule has 6 aromatic rings. The average Bonchev–Trinajstić information content (AvgIpc) is 3.09. The second-order valence-electron chi connectivity index (χ2n) is 11.0. The van der Waals surface area contributed by atoms with E-state index in [9.17, 15) is 0 Å². The summed E-state index contributed by atoms with van der Waals surface area (Å²) < 4.78 is 12.3. The molecule has 8 rings (SSSR count).